The number of rotatable bonds is 6. The topological polar surface area (TPSA) is 91.5 Å². The second kappa shape index (κ2) is 8.24. The van der Waals surface area contributed by atoms with Gasteiger partial charge in [-0.15, -0.1) is 0 Å². The Morgan fingerprint density at radius 1 is 1.30 bits per heavy atom. The molecule has 0 aliphatic carbocycles. The Bertz CT molecular complexity index is 1070. The van der Waals surface area contributed by atoms with Crippen molar-refractivity contribution in [1.82, 2.24) is 15.4 Å². The Morgan fingerprint density at radius 2 is 2.07 bits per heavy atom. The van der Waals surface area contributed by atoms with E-state index in [1.54, 1.807) is 30.3 Å². The highest BCUT2D eigenvalue weighted by Crippen LogP contribution is 2.35. The molecule has 3 N–H and O–H groups in total. The fourth-order valence-corrected chi connectivity index (χ4v) is 3.00. The number of halogens is 1. The molecule has 140 valence electrons. The van der Waals surface area contributed by atoms with E-state index in [1.807, 2.05) is 6.92 Å². The second-order valence-electron chi connectivity index (χ2n) is 5.51. The molecule has 3 aromatic rings. The molecule has 0 bridgehead atoms. The van der Waals surface area contributed by atoms with Crippen molar-refractivity contribution in [1.29, 1.82) is 0 Å². The summed E-state index contributed by atoms with van der Waals surface area (Å²) in [4.78, 5) is 18.2. The van der Waals surface area contributed by atoms with Crippen LogP contribution in [0.4, 0.5) is 0 Å². The van der Waals surface area contributed by atoms with Gasteiger partial charge in [0, 0.05) is 5.56 Å². The van der Waals surface area contributed by atoms with Crippen molar-refractivity contribution in [3.8, 4) is 11.5 Å². The van der Waals surface area contributed by atoms with Crippen LogP contribution in [0.1, 0.15) is 22.8 Å². The van der Waals surface area contributed by atoms with Gasteiger partial charge in [-0.25, -0.2) is 5.43 Å². The number of hydrazone groups is 1. The maximum atomic E-state index is 12.3. The standard InChI is InChI=1S/C18H17ClN4O3S/c1-3-26-16-12(19)6-10(7-15(16)25-2)9-20-23-17(24)11-4-5-13-14(8-11)22-18(27)21-13/h4-9H,3H2,1-2H3,(H,23,24)(H2,21,22,27)/b20-9-. The summed E-state index contributed by atoms with van der Waals surface area (Å²) in [5.41, 5.74) is 5.17. The molecule has 0 atom stereocenters. The number of hydrogen-bond acceptors (Lipinski definition) is 5. The minimum absolute atomic E-state index is 0.349. The number of carbonyl (C=O) groups excluding carboxylic acids is 1. The van der Waals surface area contributed by atoms with E-state index < -0.39 is 0 Å². The van der Waals surface area contributed by atoms with Gasteiger partial charge in [0.05, 0.1) is 36.0 Å². The fraction of sp³-hybridized carbons (Fsp3) is 0.167. The van der Waals surface area contributed by atoms with Crippen LogP contribution in [-0.2, 0) is 0 Å². The normalized spacial score (nSPS) is 11.1. The van der Waals surface area contributed by atoms with Crippen LogP contribution in [0.3, 0.4) is 0 Å². The first-order chi connectivity index (χ1) is 13.0. The van der Waals surface area contributed by atoms with E-state index in [2.05, 4.69) is 20.5 Å². The lowest BCUT2D eigenvalue weighted by molar-refractivity contribution is 0.0955. The largest absolute Gasteiger partial charge is 0.493 e. The third kappa shape index (κ3) is 4.29. The molecule has 2 aromatic carbocycles. The number of carbonyl (C=O) groups is 1. The first-order valence-electron chi connectivity index (χ1n) is 8.07. The fourth-order valence-electron chi connectivity index (χ4n) is 2.50. The summed E-state index contributed by atoms with van der Waals surface area (Å²) in [6, 6.07) is 8.55. The van der Waals surface area contributed by atoms with Crippen LogP contribution >= 0.6 is 23.8 Å². The van der Waals surface area contributed by atoms with Gasteiger partial charge in [-0.1, -0.05) is 11.6 Å². The number of hydrogen-bond donors (Lipinski definition) is 3. The van der Waals surface area contributed by atoms with Crippen molar-refractivity contribution in [3.05, 3.63) is 51.3 Å². The number of aromatic amines is 2. The molecular weight excluding hydrogens is 388 g/mol. The first kappa shape index (κ1) is 18.9. The van der Waals surface area contributed by atoms with Crippen LogP contribution in [-0.4, -0.2) is 35.8 Å². The zero-order valence-corrected chi connectivity index (χ0v) is 16.2. The van der Waals surface area contributed by atoms with Crippen molar-refractivity contribution in [3.63, 3.8) is 0 Å². The van der Waals surface area contributed by atoms with Gasteiger partial charge < -0.3 is 19.4 Å². The highest BCUT2D eigenvalue weighted by molar-refractivity contribution is 7.71. The van der Waals surface area contributed by atoms with Crippen LogP contribution in [0.15, 0.2) is 35.4 Å². The van der Waals surface area contributed by atoms with Gasteiger partial charge in [0.2, 0.25) is 0 Å². The quantitative estimate of drug-likeness (QED) is 0.328. The summed E-state index contributed by atoms with van der Waals surface area (Å²) in [6.07, 6.45) is 1.48. The summed E-state index contributed by atoms with van der Waals surface area (Å²) in [5.74, 6) is 0.614. The van der Waals surface area contributed by atoms with Crippen LogP contribution in [0.25, 0.3) is 11.0 Å². The molecule has 3 rings (SSSR count). The molecular formula is C18H17ClN4O3S. The second-order valence-corrected chi connectivity index (χ2v) is 6.32. The SMILES string of the molecule is CCOc1c(Cl)cc(/C=N\NC(=O)c2ccc3[nH]c(=S)[nH]c3c2)cc1OC. The van der Waals surface area contributed by atoms with E-state index in [1.165, 1.54) is 13.3 Å². The van der Waals surface area contributed by atoms with E-state index in [9.17, 15) is 4.79 Å². The van der Waals surface area contributed by atoms with Crippen LogP contribution in [0.2, 0.25) is 5.02 Å². The Balaban J connectivity index is 1.74. The third-order valence-corrected chi connectivity index (χ3v) is 4.18. The van der Waals surface area contributed by atoms with Crippen molar-refractivity contribution in [2.75, 3.05) is 13.7 Å². The van der Waals surface area contributed by atoms with E-state index >= 15 is 0 Å². The van der Waals surface area contributed by atoms with Gasteiger partial charge >= 0.3 is 0 Å². The molecule has 0 saturated carbocycles. The molecule has 0 aliphatic rings. The average Bonchev–Trinajstić information content (AvgIpc) is 3.02. The third-order valence-electron chi connectivity index (χ3n) is 3.70. The van der Waals surface area contributed by atoms with E-state index in [0.29, 0.717) is 39.0 Å². The first-order valence-corrected chi connectivity index (χ1v) is 8.86. The number of aromatic nitrogens is 2. The lowest BCUT2D eigenvalue weighted by Gasteiger charge is -2.11. The predicted octanol–water partition coefficient (Wildman–Crippen LogP) is 4.05. The summed E-state index contributed by atoms with van der Waals surface area (Å²) < 4.78 is 11.3. The summed E-state index contributed by atoms with van der Waals surface area (Å²) >= 11 is 11.3. The lowest BCUT2D eigenvalue weighted by Crippen LogP contribution is -2.17. The number of methoxy groups -OCH3 is 1. The molecule has 0 saturated heterocycles. The molecule has 0 aliphatic heterocycles. The summed E-state index contributed by atoms with van der Waals surface area (Å²) in [6.45, 7) is 2.33. The molecule has 9 heteroatoms. The molecule has 0 radical (unpaired) electrons. The van der Waals surface area contributed by atoms with Gasteiger partial charge in [-0.2, -0.15) is 5.10 Å². The molecule has 0 unspecified atom stereocenters. The van der Waals surface area contributed by atoms with Crippen LogP contribution in [0, 0.1) is 4.77 Å². The van der Waals surface area contributed by atoms with E-state index in [4.69, 9.17) is 33.3 Å². The highest BCUT2D eigenvalue weighted by Gasteiger charge is 2.11. The number of ether oxygens (including phenoxy) is 2. The van der Waals surface area contributed by atoms with Gasteiger partial charge in [-0.05, 0) is 55.0 Å². The number of fused-ring (bicyclic) bond motifs is 1. The Hall–Kier alpha value is -2.84. The van der Waals surface area contributed by atoms with E-state index in [-0.39, 0.29) is 5.91 Å². The monoisotopic (exact) mass is 404 g/mol. The molecule has 0 fully saturated rings. The lowest BCUT2D eigenvalue weighted by atomic mass is 10.2. The molecule has 1 heterocycles. The molecule has 1 amide bonds. The van der Waals surface area contributed by atoms with Crippen LogP contribution in [0.5, 0.6) is 11.5 Å². The Labute approximate surface area is 165 Å². The van der Waals surface area contributed by atoms with Gasteiger partial charge in [0.15, 0.2) is 16.3 Å². The molecule has 27 heavy (non-hydrogen) atoms. The van der Waals surface area contributed by atoms with E-state index in [0.717, 1.165) is 11.0 Å². The number of amides is 1. The number of H-pyrrole nitrogens is 2. The van der Waals surface area contributed by atoms with Gasteiger partial charge in [0.25, 0.3) is 5.91 Å². The highest BCUT2D eigenvalue weighted by atomic mass is 35.5. The van der Waals surface area contributed by atoms with Crippen LogP contribution < -0.4 is 14.9 Å². The van der Waals surface area contributed by atoms with Crippen molar-refractivity contribution in [2.24, 2.45) is 5.10 Å². The van der Waals surface area contributed by atoms with Crippen molar-refractivity contribution in [2.45, 2.75) is 6.92 Å². The number of benzene rings is 2. The van der Waals surface area contributed by atoms with Crippen molar-refractivity contribution < 1.29 is 14.3 Å². The molecule has 7 nitrogen and oxygen atoms in total. The maximum absolute atomic E-state index is 12.3. The molecule has 0 spiro atoms. The Morgan fingerprint density at radius 3 is 2.81 bits per heavy atom. The van der Waals surface area contributed by atoms with Crippen molar-refractivity contribution >= 4 is 47.0 Å². The summed E-state index contributed by atoms with van der Waals surface area (Å²) in [7, 11) is 1.53. The zero-order chi connectivity index (χ0) is 19.4. The van der Waals surface area contributed by atoms with Gasteiger partial charge in [0.1, 0.15) is 0 Å². The number of nitrogens with zero attached hydrogens (tertiary/aromatic N) is 1. The predicted molar refractivity (Wildman–Crippen MR) is 108 cm³/mol. The zero-order valence-electron chi connectivity index (χ0n) is 14.6. The minimum atomic E-state index is -0.349. The Kier molecular flexibility index (Phi) is 5.78. The maximum Gasteiger partial charge on any atom is 0.271 e. The average molecular weight is 405 g/mol. The van der Waals surface area contributed by atoms with Gasteiger partial charge in [-0.3, -0.25) is 4.79 Å². The smallest absolute Gasteiger partial charge is 0.271 e. The number of nitrogens with one attached hydrogen (secondary N) is 3. The molecule has 1 aromatic heterocycles. The minimum Gasteiger partial charge on any atom is -0.493 e. The summed E-state index contributed by atoms with van der Waals surface area (Å²) in [5, 5.41) is 4.38. The number of imidazole rings is 1.